The lowest BCUT2D eigenvalue weighted by Crippen LogP contribution is -2.15. The highest BCUT2D eigenvalue weighted by Gasteiger charge is 2.12. The van der Waals surface area contributed by atoms with Crippen LogP contribution in [0.15, 0.2) is 29.8 Å². The van der Waals surface area contributed by atoms with E-state index in [1.165, 1.54) is 16.7 Å². The molecule has 0 aliphatic heterocycles. The first-order valence-electron chi connectivity index (χ1n) is 6.98. The van der Waals surface area contributed by atoms with Gasteiger partial charge in [0.15, 0.2) is 0 Å². The number of hydrogen-bond donors (Lipinski definition) is 1. The average molecular weight is 245 g/mol. The van der Waals surface area contributed by atoms with Crippen LogP contribution in [0, 0.1) is 0 Å². The van der Waals surface area contributed by atoms with Crippen molar-refractivity contribution in [3.05, 3.63) is 41.0 Å². The first kappa shape index (κ1) is 15.0. The number of nitrogens with one attached hydrogen (secondary N) is 1. The Bertz CT molecular complexity index is 379. The van der Waals surface area contributed by atoms with Gasteiger partial charge in [-0.05, 0) is 29.5 Å². The van der Waals surface area contributed by atoms with Gasteiger partial charge in [-0.3, -0.25) is 0 Å². The number of benzene rings is 1. The lowest BCUT2D eigenvalue weighted by molar-refractivity contribution is 0.590. The molecule has 0 atom stereocenters. The maximum Gasteiger partial charge on any atom is 0.0167 e. The molecule has 0 saturated carbocycles. The Morgan fingerprint density at radius 1 is 1.11 bits per heavy atom. The Morgan fingerprint density at radius 2 is 1.72 bits per heavy atom. The van der Waals surface area contributed by atoms with Gasteiger partial charge in [-0.2, -0.15) is 0 Å². The fourth-order valence-corrected chi connectivity index (χ4v) is 1.88. The largest absolute Gasteiger partial charge is 0.313 e. The predicted molar refractivity (Wildman–Crippen MR) is 82.0 cm³/mol. The van der Waals surface area contributed by atoms with Gasteiger partial charge in [0.05, 0.1) is 0 Å². The zero-order chi connectivity index (χ0) is 13.6. The summed E-state index contributed by atoms with van der Waals surface area (Å²) in [6, 6.07) is 8.93. The Balaban J connectivity index is 2.81. The van der Waals surface area contributed by atoms with Crippen molar-refractivity contribution in [2.24, 2.45) is 0 Å². The van der Waals surface area contributed by atoms with Crippen molar-refractivity contribution in [3.63, 3.8) is 0 Å². The molecular formula is C17H27N. The van der Waals surface area contributed by atoms with Crippen molar-refractivity contribution in [3.8, 4) is 0 Å². The fraction of sp³-hybridized carbons (Fsp3) is 0.529. The average Bonchev–Trinajstić information content (AvgIpc) is 2.34. The van der Waals surface area contributed by atoms with Gasteiger partial charge in [-0.15, -0.1) is 0 Å². The van der Waals surface area contributed by atoms with Gasteiger partial charge in [0.25, 0.3) is 0 Å². The molecule has 0 saturated heterocycles. The topological polar surface area (TPSA) is 12.0 Å². The minimum Gasteiger partial charge on any atom is -0.313 e. The van der Waals surface area contributed by atoms with Crippen LogP contribution in [0.4, 0.5) is 0 Å². The van der Waals surface area contributed by atoms with Gasteiger partial charge in [0, 0.05) is 6.54 Å². The summed E-state index contributed by atoms with van der Waals surface area (Å²) in [5.74, 6) is 0. The third-order valence-electron chi connectivity index (χ3n) is 3.20. The first-order valence-corrected chi connectivity index (χ1v) is 6.98. The van der Waals surface area contributed by atoms with Crippen LogP contribution < -0.4 is 5.32 Å². The quantitative estimate of drug-likeness (QED) is 0.811. The van der Waals surface area contributed by atoms with Gasteiger partial charge in [-0.25, -0.2) is 0 Å². The molecule has 0 spiro atoms. The predicted octanol–water partition coefficient (Wildman–Crippen LogP) is 4.39. The van der Waals surface area contributed by atoms with Gasteiger partial charge >= 0.3 is 0 Å². The summed E-state index contributed by atoms with van der Waals surface area (Å²) in [5, 5.41) is 3.39. The second-order valence-corrected chi connectivity index (χ2v) is 5.81. The maximum atomic E-state index is 3.39. The standard InChI is InChI=1S/C17H27N/c1-6-14(13-18-7-2)12-15-8-10-16(11-9-15)17(3,4)5/h8-12,18H,6-7,13H2,1-5H3. The molecule has 0 aromatic heterocycles. The molecule has 0 amide bonds. The molecular weight excluding hydrogens is 218 g/mol. The summed E-state index contributed by atoms with van der Waals surface area (Å²) in [5.41, 5.74) is 4.39. The molecule has 0 heterocycles. The summed E-state index contributed by atoms with van der Waals surface area (Å²) in [4.78, 5) is 0. The summed E-state index contributed by atoms with van der Waals surface area (Å²) in [6.07, 6.45) is 3.41. The van der Waals surface area contributed by atoms with Crippen molar-refractivity contribution < 1.29 is 0 Å². The third-order valence-corrected chi connectivity index (χ3v) is 3.20. The summed E-state index contributed by atoms with van der Waals surface area (Å²) in [6.45, 7) is 13.1. The van der Waals surface area contributed by atoms with E-state index >= 15 is 0 Å². The fourth-order valence-electron chi connectivity index (χ4n) is 1.88. The van der Waals surface area contributed by atoms with Gasteiger partial charge < -0.3 is 5.32 Å². The highest BCUT2D eigenvalue weighted by Crippen LogP contribution is 2.22. The van der Waals surface area contributed by atoms with Crippen molar-refractivity contribution in [1.82, 2.24) is 5.32 Å². The molecule has 100 valence electrons. The second-order valence-electron chi connectivity index (χ2n) is 5.81. The molecule has 1 aromatic carbocycles. The normalized spacial score (nSPS) is 12.8. The monoisotopic (exact) mass is 245 g/mol. The van der Waals surface area contributed by atoms with E-state index in [9.17, 15) is 0 Å². The Kier molecular flexibility index (Phi) is 5.61. The summed E-state index contributed by atoms with van der Waals surface area (Å²) in [7, 11) is 0. The van der Waals surface area contributed by atoms with Crippen LogP contribution in [0.2, 0.25) is 0 Å². The molecule has 0 unspecified atom stereocenters. The Hall–Kier alpha value is -1.08. The lowest BCUT2D eigenvalue weighted by Gasteiger charge is -2.18. The van der Waals surface area contributed by atoms with E-state index in [1.807, 2.05) is 0 Å². The Labute approximate surface area is 112 Å². The Morgan fingerprint density at radius 3 is 2.17 bits per heavy atom. The summed E-state index contributed by atoms with van der Waals surface area (Å²) >= 11 is 0. The van der Waals surface area contributed by atoms with E-state index in [1.54, 1.807) is 0 Å². The van der Waals surface area contributed by atoms with E-state index in [4.69, 9.17) is 0 Å². The minimum absolute atomic E-state index is 0.236. The molecule has 0 radical (unpaired) electrons. The molecule has 1 nitrogen and oxygen atoms in total. The minimum atomic E-state index is 0.236. The van der Waals surface area contributed by atoms with Crippen molar-refractivity contribution >= 4 is 6.08 Å². The van der Waals surface area contributed by atoms with E-state index in [0.29, 0.717) is 0 Å². The van der Waals surface area contributed by atoms with Crippen LogP contribution >= 0.6 is 0 Å². The highest BCUT2D eigenvalue weighted by molar-refractivity contribution is 5.54. The molecule has 0 aliphatic carbocycles. The zero-order valence-electron chi connectivity index (χ0n) is 12.5. The van der Waals surface area contributed by atoms with E-state index < -0.39 is 0 Å². The SMILES string of the molecule is CCNCC(=Cc1ccc(C(C)(C)C)cc1)CC. The van der Waals surface area contributed by atoms with E-state index in [-0.39, 0.29) is 5.41 Å². The van der Waals surface area contributed by atoms with E-state index in [2.05, 4.69) is 70.3 Å². The van der Waals surface area contributed by atoms with Crippen molar-refractivity contribution in [2.75, 3.05) is 13.1 Å². The van der Waals surface area contributed by atoms with Crippen molar-refractivity contribution in [2.45, 2.75) is 46.5 Å². The first-order chi connectivity index (χ1) is 8.47. The zero-order valence-corrected chi connectivity index (χ0v) is 12.5. The van der Waals surface area contributed by atoms with Crippen LogP contribution in [0.3, 0.4) is 0 Å². The molecule has 1 aromatic rings. The van der Waals surface area contributed by atoms with Crippen LogP contribution in [0.1, 0.15) is 52.2 Å². The maximum absolute atomic E-state index is 3.39. The molecule has 18 heavy (non-hydrogen) atoms. The number of rotatable bonds is 5. The molecule has 1 N–H and O–H groups in total. The molecule has 1 heteroatoms. The number of hydrogen-bond acceptors (Lipinski definition) is 1. The second kappa shape index (κ2) is 6.75. The van der Waals surface area contributed by atoms with Gasteiger partial charge in [-0.1, -0.05) is 70.5 Å². The van der Waals surface area contributed by atoms with Crippen LogP contribution in [-0.2, 0) is 5.41 Å². The highest BCUT2D eigenvalue weighted by atomic mass is 14.8. The molecule has 0 aliphatic rings. The third kappa shape index (κ3) is 4.66. The van der Waals surface area contributed by atoms with Gasteiger partial charge in [0.1, 0.15) is 0 Å². The van der Waals surface area contributed by atoms with E-state index in [0.717, 1.165) is 19.5 Å². The number of likely N-dealkylation sites (N-methyl/N-ethyl adjacent to an activating group) is 1. The van der Waals surface area contributed by atoms with Crippen LogP contribution in [0.25, 0.3) is 6.08 Å². The molecule has 1 rings (SSSR count). The molecule has 0 bridgehead atoms. The van der Waals surface area contributed by atoms with Crippen molar-refractivity contribution in [1.29, 1.82) is 0 Å². The lowest BCUT2D eigenvalue weighted by atomic mass is 9.86. The summed E-state index contributed by atoms with van der Waals surface area (Å²) < 4.78 is 0. The van der Waals surface area contributed by atoms with Crippen LogP contribution in [-0.4, -0.2) is 13.1 Å². The molecule has 0 fully saturated rings. The smallest absolute Gasteiger partial charge is 0.0167 e. The van der Waals surface area contributed by atoms with Crippen LogP contribution in [0.5, 0.6) is 0 Å². The van der Waals surface area contributed by atoms with Gasteiger partial charge in [0.2, 0.25) is 0 Å².